The van der Waals surface area contributed by atoms with E-state index in [-0.39, 0.29) is 17.6 Å². The van der Waals surface area contributed by atoms with Crippen molar-refractivity contribution in [3.63, 3.8) is 0 Å². The number of nitrogens with zero attached hydrogens (tertiary/aromatic N) is 2. The predicted octanol–water partition coefficient (Wildman–Crippen LogP) is 1.54. The molecule has 2 fully saturated rings. The van der Waals surface area contributed by atoms with Crippen LogP contribution in [0.2, 0.25) is 0 Å². The molecule has 0 aliphatic carbocycles. The van der Waals surface area contributed by atoms with Gasteiger partial charge in [0.15, 0.2) is 0 Å². The fraction of sp³-hybridized carbons (Fsp3) is 0.923. The summed E-state index contributed by atoms with van der Waals surface area (Å²) in [6, 6.07) is 0.119. The second-order valence-electron chi connectivity index (χ2n) is 6.47. The Hall–Kier alpha value is -0.770. The van der Waals surface area contributed by atoms with Gasteiger partial charge >= 0.3 is 6.03 Å². The lowest BCUT2D eigenvalue weighted by Gasteiger charge is -2.28. The number of rotatable bonds is 0. The van der Waals surface area contributed by atoms with Gasteiger partial charge in [0.2, 0.25) is 0 Å². The zero-order valence-electron chi connectivity index (χ0n) is 11.1. The maximum absolute atomic E-state index is 12.2. The molecule has 0 aromatic heterocycles. The SMILES string of the molecule is CC(C)(C)C1CCN(C(=O)N2CCC(O)C2)C1. The average molecular weight is 240 g/mol. The monoisotopic (exact) mass is 240 g/mol. The first kappa shape index (κ1) is 12.7. The van der Waals surface area contributed by atoms with Crippen LogP contribution < -0.4 is 0 Å². The summed E-state index contributed by atoms with van der Waals surface area (Å²) >= 11 is 0. The third-order valence-electron chi connectivity index (χ3n) is 4.12. The van der Waals surface area contributed by atoms with Crippen LogP contribution >= 0.6 is 0 Å². The van der Waals surface area contributed by atoms with E-state index in [0.717, 1.165) is 25.9 Å². The Bertz CT molecular complexity index is 298. The fourth-order valence-corrected chi connectivity index (χ4v) is 2.76. The van der Waals surface area contributed by atoms with Gasteiger partial charge in [0.25, 0.3) is 0 Å². The van der Waals surface area contributed by atoms with Gasteiger partial charge in [0, 0.05) is 26.2 Å². The van der Waals surface area contributed by atoms with Crippen molar-refractivity contribution >= 4 is 6.03 Å². The first-order chi connectivity index (χ1) is 7.88. The molecule has 0 aromatic carbocycles. The Morgan fingerprint density at radius 2 is 1.71 bits per heavy atom. The zero-order valence-corrected chi connectivity index (χ0v) is 11.1. The molecule has 98 valence electrons. The van der Waals surface area contributed by atoms with E-state index < -0.39 is 0 Å². The molecule has 2 atom stereocenters. The standard InChI is InChI=1S/C13H24N2O2/c1-13(2,3)10-4-6-14(8-10)12(17)15-7-5-11(16)9-15/h10-11,16H,4-9H2,1-3H3. The largest absolute Gasteiger partial charge is 0.391 e. The molecule has 4 nitrogen and oxygen atoms in total. The zero-order chi connectivity index (χ0) is 12.6. The molecule has 2 amide bonds. The van der Waals surface area contributed by atoms with Gasteiger partial charge in [-0.2, -0.15) is 0 Å². The summed E-state index contributed by atoms with van der Waals surface area (Å²) in [7, 11) is 0. The highest BCUT2D eigenvalue weighted by Gasteiger charge is 2.36. The lowest BCUT2D eigenvalue weighted by Crippen LogP contribution is -2.41. The minimum absolute atomic E-state index is 0.119. The van der Waals surface area contributed by atoms with Crippen molar-refractivity contribution in [3.05, 3.63) is 0 Å². The van der Waals surface area contributed by atoms with E-state index >= 15 is 0 Å². The number of hydrogen-bond acceptors (Lipinski definition) is 2. The fourth-order valence-electron chi connectivity index (χ4n) is 2.76. The minimum Gasteiger partial charge on any atom is -0.391 e. The highest BCUT2D eigenvalue weighted by Crippen LogP contribution is 2.34. The van der Waals surface area contributed by atoms with Crippen LogP contribution in [0, 0.1) is 11.3 Å². The Kier molecular flexibility index (Phi) is 3.34. The Labute approximate surface area is 104 Å². The number of carbonyl (C=O) groups excluding carboxylic acids is 1. The molecule has 0 bridgehead atoms. The summed E-state index contributed by atoms with van der Waals surface area (Å²) in [5.74, 6) is 0.596. The summed E-state index contributed by atoms with van der Waals surface area (Å²) in [6.07, 6.45) is 1.51. The van der Waals surface area contributed by atoms with E-state index in [2.05, 4.69) is 20.8 Å². The maximum atomic E-state index is 12.2. The van der Waals surface area contributed by atoms with Crippen LogP contribution in [0.25, 0.3) is 0 Å². The molecule has 2 saturated heterocycles. The molecule has 2 aliphatic heterocycles. The van der Waals surface area contributed by atoms with Gasteiger partial charge in [-0.25, -0.2) is 4.79 Å². The molecule has 0 saturated carbocycles. The molecule has 0 radical (unpaired) electrons. The van der Waals surface area contributed by atoms with Gasteiger partial charge in [0.05, 0.1) is 6.10 Å². The van der Waals surface area contributed by atoms with Gasteiger partial charge in [-0.05, 0) is 24.2 Å². The summed E-state index contributed by atoms with van der Waals surface area (Å²) in [4.78, 5) is 15.9. The molecule has 2 unspecified atom stereocenters. The number of aliphatic hydroxyl groups excluding tert-OH is 1. The molecule has 2 rings (SSSR count). The molecule has 1 N–H and O–H groups in total. The van der Waals surface area contributed by atoms with Crippen LogP contribution in [0.15, 0.2) is 0 Å². The number of hydrogen-bond donors (Lipinski definition) is 1. The summed E-state index contributed by atoms with van der Waals surface area (Å²) in [5.41, 5.74) is 0.277. The van der Waals surface area contributed by atoms with Gasteiger partial charge in [-0.1, -0.05) is 20.8 Å². The van der Waals surface area contributed by atoms with Gasteiger partial charge in [-0.15, -0.1) is 0 Å². The van der Waals surface area contributed by atoms with Crippen molar-refractivity contribution in [2.24, 2.45) is 11.3 Å². The molecule has 17 heavy (non-hydrogen) atoms. The van der Waals surface area contributed by atoms with Crippen molar-refractivity contribution < 1.29 is 9.90 Å². The van der Waals surface area contributed by atoms with Gasteiger partial charge < -0.3 is 14.9 Å². The Balaban J connectivity index is 1.90. The first-order valence-corrected chi connectivity index (χ1v) is 6.60. The highest BCUT2D eigenvalue weighted by atomic mass is 16.3. The molecule has 0 aromatic rings. The summed E-state index contributed by atoms with van der Waals surface area (Å²) < 4.78 is 0. The van der Waals surface area contributed by atoms with Gasteiger partial charge in [0.1, 0.15) is 0 Å². The molecule has 0 spiro atoms. The quantitative estimate of drug-likeness (QED) is 0.698. The molecule has 2 aliphatic rings. The summed E-state index contributed by atoms with van der Waals surface area (Å²) in [6.45, 7) is 9.68. The summed E-state index contributed by atoms with van der Waals surface area (Å²) in [5, 5.41) is 9.46. The van der Waals surface area contributed by atoms with E-state index in [9.17, 15) is 9.90 Å². The number of urea groups is 1. The number of likely N-dealkylation sites (tertiary alicyclic amines) is 2. The lowest BCUT2D eigenvalue weighted by molar-refractivity contribution is 0.148. The molecular weight excluding hydrogens is 216 g/mol. The van der Waals surface area contributed by atoms with Crippen molar-refractivity contribution in [3.8, 4) is 0 Å². The molecule has 4 heteroatoms. The maximum Gasteiger partial charge on any atom is 0.320 e. The normalized spacial score (nSPS) is 30.1. The average Bonchev–Trinajstić information content (AvgIpc) is 2.83. The second-order valence-corrected chi connectivity index (χ2v) is 6.47. The van der Waals surface area contributed by atoms with Crippen LogP contribution in [-0.4, -0.2) is 53.2 Å². The van der Waals surface area contributed by atoms with E-state index in [1.54, 1.807) is 4.90 Å². The van der Waals surface area contributed by atoms with Crippen molar-refractivity contribution in [1.82, 2.24) is 9.80 Å². The Morgan fingerprint density at radius 3 is 2.18 bits per heavy atom. The topological polar surface area (TPSA) is 43.8 Å². The van der Waals surface area contributed by atoms with Gasteiger partial charge in [-0.3, -0.25) is 0 Å². The van der Waals surface area contributed by atoms with Crippen LogP contribution in [-0.2, 0) is 0 Å². The predicted molar refractivity (Wildman–Crippen MR) is 66.7 cm³/mol. The molecular formula is C13H24N2O2. The molecule has 2 heterocycles. The first-order valence-electron chi connectivity index (χ1n) is 6.60. The highest BCUT2D eigenvalue weighted by molar-refractivity contribution is 5.75. The third kappa shape index (κ3) is 2.73. The van der Waals surface area contributed by atoms with Crippen LogP contribution in [0.4, 0.5) is 4.79 Å². The number of carbonyl (C=O) groups is 1. The number of β-amino-alcohol motifs (C(OH)–C–C–N with tert-alkyl or cyclic N) is 1. The van der Waals surface area contributed by atoms with E-state index in [1.807, 2.05) is 4.90 Å². The van der Waals surface area contributed by atoms with Crippen molar-refractivity contribution in [2.45, 2.75) is 39.7 Å². The number of amides is 2. The smallest absolute Gasteiger partial charge is 0.320 e. The minimum atomic E-state index is -0.319. The lowest BCUT2D eigenvalue weighted by atomic mass is 9.80. The number of aliphatic hydroxyl groups is 1. The van der Waals surface area contributed by atoms with Crippen LogP contribution in [0.1, 0.15) is 33.6 Å². The van der Waals surface area contributed by atoms with E-state index in [4.69, 9.17) is 0 Å². The van der Waals surface area contributed by atoms with Crippen LogP contribution in [0.3, 0.4) is 0 Å². The Morgan fingerprint density at radius 1 is 1.12 bits per heavy atom. The van der Waals surface area contributed by atoms with Crippen molar-refractivity contribution in [1.29, 1.82) is 0 Å². The van der Waals surface area contributed by atoms with Crippen LogP contribution in [0.5, 0.6) is 0 Å². The third-order valence-corrected chi connectivity index (χ3v) is 4.12. The van der Waals surface area contributed by atoms with E-state index in [0.29, 0.717) is 19.0 Å². The second kappa shape index (κ2) is 4.48. The van der Waals surface area contributed by atoms with E-state index in [1.165, 1.54) is 0 Å². The van der Waals surface area contributed by atoms with Crippen molar-refractivity contribution in [2.75, 3.05) is 26.2 Å².